The summed E-state index contributed by atoms with van der Waals surface area (Å²) in [5.74, 6) is -0.403. The largest absolute Gasteiger partial charge is 0.352 e. The Morgan fingerprint density at radius 3 is 2.57 bits per heavy atom. The minimum atomic E-state index is -0.274. The first kappa shape index (κ1) is 16.9. The third-order valence-electron chi connectivity index (χ3n) is 3.06. The number of pyridine rings is 1. The summed E-state index contributed by atoms with van der Waals surface area (Å²) in [6, 6.07) is 10.5. The van der Waals surface area contributed by atoms with Gasteiger partial charge in [-0.25, -0.2) is 5.43 Å². The molecule has 0 aliphatic carbocycles. The average Bonchev–Trinajstić information content (AvgIpc) is 2.58. The van der Waals surface area contributed by atoms with Crippen LogP contribution in [0, 0.1) is 0 Å². The fourth-order valence-corrected chi connectivity index (χ4v) is 2.02. The Hall–Kier alpha value is -2.44. The maximum absolute atomic E-state index is 11.7. The lowest BCUT2D eigenvalue weighted by molar-refractivity contribution is -0.121. The Morgan fingerprint density at radius 1 is 1.09 bits per heavy atom. The van der Waals surface area contributed by atoms with Gasteiger partial charge in [0.2, 0.25) is 5.91 Å². The molecule has 0 saturated carbocycles. The summed E-state index contributed by atoms with van der Waals surface area (Å²) in [7, 11) is 0. The minimum absolute atomic E-state index is 0.129. The number of hydrogen-bond donors (Lipinski definition) is 3. The molecule has 0 saturated heterocycles. The summed E-state index contributed by atoms with van der Waals surface area (Å²) >= 11 is 6.01. The van der Waals surface area contributed by atoms with E-state index in [0.29, 0.717) is 23.7 Å². The van der Waals surface area contributed by atoms with Crippen LogP contribution in [0.5, 0.6) is 0 Å². The van der Waals surface area contributed by atoms with E-state index >= 15 is 0 Å². The standard InChI is InChI=1S/C16H17ClN4O2/c17-14-4-2-1-3-13(14)11-19-15(22)7-10-20-21-16(23)12-5-8-18-9-6-12/h1-6,8-9,20H,7,10-11H2,(H,19,22)(H,21,23). The molecule has 1 heterocycles. The topological polar surface area (TPSA) is 83.1 Å². The number of amides is 2. The molecule has 7 heteroatoms. The van der Waals surface area contributed by atoms with Crippen LogP contribution in [0.1, 0.15) is 22.3 Å². The van der Waals surface area contributed by atoms with Crippen molar-refractivity contribution in [1.29, 1.82) is 0 Å². The van der Waals surface area contributed by atoms with E-state index in [-0.39, 0.29) is 18.2 Å². The quantitative estimate of drug-likeness (QED) is 0.532. The minimum Gasteiger partial charge on any atom is -0.352 e. The van der Waals surface area contributed by atoms with Gasteiger partial charge in [-0.1, -0.05) is 29.8 Å². The molecule has 6 nitrogen and oxygen atoms in total. The third kappa shape index (κ3) is 5.69. The van der Waals surface area contributed by atoms with Gasteiger partial charge < -0.3 is 5.32 Å². The van der Waals surface area contributed by atoms with Crippen molar-refractivity contribution in [2.24, 2.45) is 0 Å². The van der Waals surface area contributed by atoms with Crippen LogP contribution in [0.25, 0.3) is 0 Å². The molecule has 2 aromatic rings. The van der Waals surface area contributed by atoms with Crippen LogP contribution in [0.2, 0.25) is 5.02 Å². The second-order valence-corrected chi connectivity index (χ2v) is 5.14. The average molecular weight is 333 g/mol. The molecule has 1 aromatic heterocycles. The van der Waals surface area contributed by atoms with Crippen LogP contribution < -0.4 is 16.2 Å². The van der Waals surface area contributed by atoms with Gasteiger partial charge in [-0.05, 0) is 23.8 Å². The Balaban J connectivity index is 1.63. The number of hydrazine groups is 1. The zero-order valence-corrected chi connectivity index (χ0v) is 13.1. The highest BCUT2D eigenvalue weighted by Gasteiger charge is 2.05. The van der Waals surface area contributed by atoms with Crippen molar-refractivity contribution in [3.8, 4) is 0 Å². The molecule has 0 aliphatic heterocycles. The van der Waals surface area contributed by atoms with Gasteiger partial charge in [-0.15, -0.1) is 0 Å². The summed E-state index contributed by atoms with van der Waals surface area (Å²) < 4.78 is 0. The summed E-state index contributed by atoms with van der Waals surface area (Å²) in [5, 5.41) is 3.40. The lowest BCUT2D eigenvalue weighted by Gasteiger charge is -2.08. The molecular formula is C16H17ClN4O2. The van der Waals surface area contributed by atoms with E-state index in [1.54, 1.807) is 18.2 Å². The maximum atomic E-state index is 11.7. The first-order valence-electron chi connectivity index (χ1n) is 7.10. The molecule has 3 N–H and O–H groups in total. The monoisotopic (exact) mass is 332 g/mol. The first-order chi connectivity index (χ1) is 11.2. The second kappa shape index (κ2) is 8.87. The van der Waals surface area contributed by atoms with Crippen LogP contribution in [-0.2, 0) is 11.3 Å². The summed E-state index contributed by atoms with van der Waals surface area (Å²) in [6.45, 7) is 0.701. The number of carbonyl (C=O) groups excluding carboxylic acids is 2. The number of halogens is 1. The normalized spacial score (nSPS) is 10.1. The van der Waals surface area contributed by atoms with Gasteiger partial charge in [-0.2, -0.15) is 0 Å². The number of benzene rings is 1. The molecule has 120 valence electrons. The predicted molar refractivity (Wildman–Crippen MR) is 87.6 cm³/mol. The lowest BCUT2D eigenvalue weighted by atomic mass is 10.2. The molecule has 0 bridgehead atoms. The van der Waals surface area contributed by atoms with Crippen LogP contribution in [0.15, 0.2) is 48.8 Å². The van der Waals surface area contributed by atoms with Gasteiger partial charge in [0.15, 0.2) is 0 Å². The van der Waals surface area contributed by atoms with Crippen LogP contribution in [0.4, 0.5) is 0 Å². The fraction of sp³-hybridized carbons (Fsp3) is 0.188. The molecule has 1 aromatic carbocycles. The van der Waals surface area contributed by atoms with E-state index in [1.165, 1.54) is 12.4 Å². The summed E-state index contributed by atoms with van der Waals surface area (Å²) in [6.07, 6.45) is 3.31. The summed E-state index contributed by atoms with van der Waals surface area (Å²) in [4.78, 5) is 27.3. The summed E-state index contributed by atoms with van der Waals surface area (Å²) in [5.41, 5.74) is 6.60. The Labute approximate surface area is 139 Å². The molecule has 2 rings (SSSR count). The highest BCUT2D eigenvalue weighted by Crippen LogP contribution is 2.14. The van der Waals surface area contributed by atoms with Gasteiger partial charge >= 0.3 is 0 Å². The fourth-order valence-electron chi connectivity index (χ4n) is 1.82. The number of rotatable bonds is 7. The van der Waals surface area contributed by atoms with E-state index in [1.807, 2.05) is 18.2 Å². The molecule has 0 aliphatic rings. The number of nitrogens with zero attached hydrogens (tertiary/aromatic N) is 1. The Bertz CT molecular complexity index is 664. The van der Waals surface area contributed by atoms with Crippen molar-refractivity contribution in [3.63, 3.8) is 0 Å². The van der Waals surface area contributed by atoms with Crippen LogP contribution >= 0.6 is 11.6 Å². The SMILES string of the molecule is O=C(CCNNC(=O)c1ccncc1)NCc1ccccc1Cl. The lowest BCUT2D eigenvalue weighted by Crippen LogP contribution is -2.39. The Kier molecular flexibility index (Phi) is 6.53. The molecule has 0 fully saturated rings. The molecular weight excluding hydrogens is 316 g/mol. The van der Waals surface area contributed by atoms with Crippen LogP contribution in [0.3, 0.4) is 0 Å². The second-order valence-electron chi connectivity index (χ2n) is 4.73. The van der Waals surface area contributed by atoms with E-state index in [4.69, 9.17) is 11.6 Å². The number of hydrogen-bond acceptors (Lipinski definition) is 4. The van der Waals surface area contributed by atoms with E-state index < -0.39 is 0 Å². The van der Waals surface area contributed by atoms with E-state index in [9.17, 15) is 9.59 Å². The van der Waals surface area contributed by atoms with E-state index in [0.717, 1.165) is 5.56 Å². The molecule has 0 atom stereocenters. The van der Waals surface area contributed by atoms with Crippen LogP contribution in [-0.4, -0.2) is 23.3 Å². The highest BCUT2D eigenvalue weighted by atomic mass is 35.5. The van der Waals surface area contributed by atoms with Crippen molar-refractivity contribution in [2.45, 2.75) is 13.0 Å². The van der Waals surface area contributed by atoms with Crippen molar-refractivity contribution in [3.05, 3.63) is 64.9 Å². The van der Waals surface area contributed by atoms with Crippen molar-refractivity contribution >= 4 is 23.4 Å². The molecule has 2 amide bonds. The highest BCUT2D eigenvalue weighted by molar-refractivity contribution is 6.31. The molecule has 0 unspecified atom stereocenters. The van der Waals surface area contributed by atoms with Crippen molar-refractivity contribution < 1.29 is 9.59 Å². The number of carbonyl (C=O) groups is 2. The molecule has 0 radical (unpaired) electrons. The van der Waals surface area contributed by atoms with Crippen molar-refractivity contribution in [1.82, 2.24) is 21.2 Å². The predicted octanol–water partition coefficient (Wildman–Crippen LogP) is 1.68. The third-order valence-corrected chi connectivity index (χ3v) is 3.42. The zero-order valence-electron chi connectivity index (χ0n) is 12.4. The zero-order chi connectivity index (χ0) is 16.5. The molecule has 23 heavy (non-hydrogen) atoms. The van der Waals surface area contributed by atoms with Gasteiger partial charge in [-0.3, -0.25) is 20.0 Å². The smallest absolute Gasteiger partial charge is 0.265 e. The van der Waals surface area contributed by atoms with Gasteiger partial charge in [0, 0.05) is 42.5 Å². The number of nitrogens with one attached hydrogen (secondary N) is 3. The van der Waals surface area contributed by atoms with Gasteiger partial charge in [0.25, 0.3) is 5.91 Å². The van der Waals surface area contributed by atoms with Gasteiger partial charge in [0.05, 0.1) is 0 Å². The number of aromatic nitrogens is 1. The Morgan fingerprint density at radius 2 is 1.83 bits per heavy atom. The first-order valence-corrected chi connectivity index (χ1v) is 7.48. The van der Waals surface area contributed by atoms with Crippen molar-refractivity contribution in [2.75, 3.05) is 6.54 Å². The maximum Gasteiger partial charge on any atom is 0.265 e. The van der Waals surface area contributed by atoms with Gasteiger partial charge in [0.1, 0.15) is 0 Å². The molecule has 0 spiro atoms. The van der Waals surface area contributed by atoms with E-state index in [2.05, 4.69) is 21.2 Å².